The molecule has 2 N–H and O–H groups in total. The minimum absolute atomic E-state index is 0.0772. The van der Waals surface area contributed by atoms with E-state index in [1.807, 2.05) is 6.92 Å². The molecule has 0 saturated carbocycles. The molecule has 0 radical (unpaired) electrons. The highest BCUT2D eigenvalue weighted by molar-refractivity contribution is 8.16. The van der Waals surface area contributed by atoms with E-state index in [4.69, 9.17) is 9.97 Å². The molecule has 0 saturated heterocycles. The Morgan fingerprint density at radius 1 is 0.476 bits per heavy atom. The number of aromatic nitrogens is 4. The lowest BCUT2D eigenvalue weighted by Crippen LogP contribution is -1.91. The van der Waals surface area contributed by atoms with Gasteiger partial charge in [0, 0.05) is 22.3 Å². The monoisotopic (exact) mass is 602 g/mol. The fourth-order valence-corrected chi connectivity index (χ4v) is 6.42. The molecule has 0 aliphatic rings. The average molecular weight is 603 g/mol. The van der Waals surface area contributed by atoms with Gasteiger partial charge >= 0.3 is 0 Å². The molecule has 6 rings (SSSR count). The van der Waals surface area contributed by atoms with Crippen molar-refractivity contribution in [3.05, 3.63) is 120 Å². The number of imidazole rings is 2. The smallest absolute Gasteiger partial charge is 0.167 e. The summed E-state index contributed by atoms with van der Waals surface area (Å²) < 4.78 is 54.4. The summed E-state index contributed by atoms with van der Waals surface area (Å²) in [6.45, 7) is 2.00. The number of hydrogen-bond donors (Lipinski definition) is 2. The summed E-state index contributed by atoms with van der Waals surface area (Å²) in [5, 5.41) is 1.25. The average Bonchev–Trinajstić information content (AvgIpc) is 3.59. The fourth-order valence-electron chi connectivity index (χ4n) is 4.44. The van der Waals surface area contributed by atoms with Crippen LogP contribution in [-0.2, 0) is 0 Å². The number of nitrogens with zero attached hydrogens (tertiary/aromatic N) is 2. The number of rotatable bonds is 8. The standard InChI is InChI=1S/C32H22F4N4S2/c1-18(41-31-37-27(19-2-10-23(33)11-3-19)28(38-31)20-4-12-24(34)13-5-20)42-32-39-29(21-6-14-25(35)15-7-21)30(40-32)22-8-16-26(36)17-9-22/h2-18H,1H3,(H,37,38)(H,39,40). The molecule has 0 bridgehead atoms. The van der Waals surface area contributed by atoms with Gasteiger partial charge in [-0.1, -0.05) is 23.5 Å². The molecule has 2 heterocycles. The first-order valence-corrected chi connectivity index (χ1v) is 14.7. The lowest BCUT2D eigenvalue weighted by molar-refractivity contribution is 0.627. The predicted octanol–water partition coefficient (Wildman–Crippen LogP) is 9.59. The van der Waals surface area contributed by atoms with Crippen LogP contribution in [0.4, 0.5) is 17.6 Å². The lowest BCUT2D eigenvalue weighted by atomic mass is 10.1. The molecule has 0 amide bonds. The van der Waals surface area contributed by atoms with Crippen molar-refractivity contribution >= 4 is 23.5 Å². The fraction of sp³-hybridized carbons (Fsp3) is 0.0625. The Labute approximate surface area is 247 Å². The van der Waals surface area contributed by atoms with Crippen LogP contribution < -0.4 is 0 Å². The molecule has 0 unspecified atom stereocenters. The number of benzene rings is 4. The van der Waals surface area contributed by atoms with Crippen molar-refractivity contribution in [3.8, 4) is 45.0 Å². The highest BCUT2D eigenvalue weighted by Crippen LogP contribution is 2.40. The summed E-state index contributed by atoms with van der Waals surface area (Å²) in [4.78, 5) is 16.3. The number of aromatic amines is 2. The molecule has 0 atom stereocenters. The first kappa shape index (κ1) is 27.9. The van der Waals surface area contributed by atoms with Gasteiger partial charge in [-0.3, -0.25) is 0 Å². The van der Waals surface area contributed by atoms with Crippen LogP contribution in [0.2, 0.25) is 0 Å². The number of halogens is 4. The molecule has 4 aromatic carbocycles. The van der Waals surface area contributed by atoms with E-state index in [2.05, 4.69) is 9.97 Å². The van der Waals surface area contributed by atoms with Crippen LogP contribution in [-0.4, -0.2) is 24.5 Å². The number of hydrogen-bond acceptors (Lipinski definition) is 4. The van der Waals surface area contributed by atoms with Crippen molar-refractivity contribution < 1.29 is 17.6 Å². The molecule has 4 nitrogen and oxygen atoms in total. The maximum Gasteiger partial charge on any atom is 0.167 e. The summed E-state index contributed by atoms with van der Waals surface area (Å²) in [5.41, 5.74) is 5.56. The lowest BCUT2D eigenvalue weighted by Gasteiger charge is -2.06. The van der Waals surface area contributed by atoms with Gasteiger partial charge in [0.15, 0.2) is 10.3 Å². The number of H-pyrrole nitrogens is 2. The van der Waals surface area contributed by atoms with E-state index in [0.29, 0.717) is 33.1 Å². The first-order chi connectivity index (χ1) is 20.3. The Balaban J connectivity index is 1.30. The van der Waals surface area contributed by atoms with Crippen LogP contribution in [0.5, 0.6) is 0 Å². The summed E-state index contributed by atoms with van der Waals surface area (Å²) >= 11 is 2.94. The Morgan fingerprint density at radius 3 is 1.07 bits per heavy atom. The molecule has 0 aliphatic carbocycles. The SMILES string of the molecule is CC(Sc1nc(-c2ccc(F)cc2)c(-c2ccc(F)cc2)[nH]1)Sc1nc(-c2ccc(F)cc2)c(-c2ccc(F)cc2)[nH]1. The minimum atomic E-state index is -0.351. The second-order valence-electron chi connectivity index (χ2n) is 9.36. The van der Waals surface area contributed by atoms with Gasteiger partial charge in [0.2, 0.25) is 0 Å². The third-order valence-corrected chi connectivity index (χ3v) is 8.49. The highest BCUT2D eigenvalue weighted by Gasteiger charge is 2.20. The molecule has 10 heteroatoms. The summed E-state index contributed by atoms with van der Waals surface area (Å²) in [7, 11) is 0. The van der Waals surface area contributed by atoms with E-state index in [1.165, 1.54) is 72.1 Å². The first-order valence-electron chi connectivity index (χ1n) is 12.9. The van der Waals surface area contributed by atoms with Crippen LogP contribution in [0.25, 0.3) is 45.0 Å². The van der Waals surface area contributed by atoms with Crippen molar-refractivity contribution in [2.45, 2.75) is 21.8 Å². The van der Waals surface area contributed by atoms with E-state index in [1.54, 1.807) is 48.5 Å². The van der Waals surface area contributed by atoms with Gasteiger partial charge in [-0.15, -0.1) is 0 Å². The van der Waals surface area contributed by atoms with Crippen molar-refractivity contribution in [3.63, 3.8) is 0 Å². The van der Waals surface area contributed by atoms with Gasteiger partial charge in [0.25, 0.3) is 0 Å². The zero-order valence-electron chi connectivity index (χ0n) is 22.0. The zero-order chi connectivity index (χ0) is 29.2. The molecular weight excluding hydrogens is 581 g/mol. The van der Waals surface area contributed by atoms with Gasteiger partial charge in [-0.05, 0) is 104 Å². The van der Waals surface area contributed by atoms with Gasteiger partial charge in [-0.2, -0.15) is 0 Å². The molecule has 0 aliphatic heterocycles. The maximum atomic E-state index is 13.6. The van der Waals surface area contributed by atoms with Gasteiger partial charge < -0.3 is 9.97 Å². The van der Waals surface area contributed by atoms with Crippen LogP contribution in [0.3, 0.4) is 0 Å². The Hall–Kier alpha value is -4.28. The van der Waals surface area contributed by atoms with Gasteiger partial charge in [0.1, 0.15) is 23.3 Å². The van der Waals surface area contributed by atoms with E-state index < -0.39 is 0 Å². The summed E-state index contributed by atoms with van der Waals surface area (Å²) in [6, 6.07) is 24.3. The summed E-state index contributed by atoms with van der Waals surface area (Å²) in [6.07, 6.45) is 0. The highest BCUT2D eigenvalue weighted by atomic mass is 32.2. The molecule has 210 valence electrons. The van der Waals surface area contributed by atoms with Crippen molar-refractivity contribution in [2.75, 3.05) is 0 Å². The van der Waals surface area contributed by atoms with Crippen molar-refractivity contribution in [2.24, 2.45) is 0 Å². The van der Waals surface area contributed by atoms with Gasteiger partial charge in [-0.25, -0.2) is 27.5 Å². The second-order valence-corrected chi connectivity index (χ2v) is 12.3. The Morgan fingerprint density at radius 2 is 0.762 bits per heavy atom. The maximum absolute atomic E-state index is 13.6. The summed E-state index contributed by atoms with van der Waals surface area (Å²) in [5.74, 6) is -1.40. The third kappa shape index (κ3) is 6.14. The van der Waals surface area contributed by atoms with Crippen LogP contribution in [0, 0.1) is 23.3 Å². The third-order valence-electron chi connectivity index (χ3n) is 6.42. The quantitative estimate of drug-likeness (QED) is 0.103. The van der Waals surface area contributed by atoms with Crippen LogP contribution >= 0.6 is 23.5 Å². The number of nitrogens with one attached hydrogen (secondary N) is 2. The Kier molecular flexibility index (Phi) is 7.90. The largest absolute Gasteiger partial charge is 0.332 e. The van der Waals surface area contributed by atoms with E-state index in [-0.39, 0.29) is 27.9 Å². The second kappa shape index (κ2) is 11.9. The Bertz CT molecular complexity index is 1550. The normalized spacial score (nSPS) is 11.4. The van der Waals surface area contributed by atoms with E-state index in [9.17, 15) is 17.6 Å². The van der Waals surface area contributed by atoms with Crippen LogP contribution in [0.1, 0.15) is 6.92 Å². The molecule has 0 fully saturated rings. The van der Waals surface area contributed by atoms with E-state index in [0.717, 1.165) is 22.3 Å². The van der Waals surface area contributed by atoms with Crippen molar-refractivity contribution in [1.29, 1.82) is 0 Å². The molecular formula is C32H22F4N4S2. The molecule has 0 spiro atoms. The van der Waals surface area contributed by atoms with Crippen LogP contribution in [0.15, 0.2) is 107 Å². The van der Waals surface area contributed by atoms with Gasteiger partial charge in [0.05, 0.1) is 27.4 Å². The molecule has 42 heavy (non-hydrogen) atoms. The number of thioether (sulfide) groups is 2. The predicted molar refractivity (Wildman–Crippen MR) is 160 cm³/mol. The minimum Gasteiger partial charge on any atom is -0.332 e. The topological polar surface area (TPSA) is 57.4 Å². The van der Waals surface area contributed by atoms with Crippen molar-refractivity contribution in [1.82, 2.24) is 19.9 Å². The molecule has 2 aromatic heterocycles. The zero-order valence-corrected chi connectivity index (χ0v) is 23.7. The molecule has 6 aromatic rings. The van der Waals surface area contributed by atoms with E-state index >= 15 is 0 Å².